The smallest absolute Gasteiger partial charge is 0.225 e. The fraction of sp³-hybridized carbons (Fsp3) is 0.562. The average molecular weight is 359 g/mol. The third-order valence-electron chi connectivity index (χ3n) is 4.26. The minimum absolute atomic E-state index is 0.0331. The van der Waals surface area contributed by atoms with Crippen molar-refractivity contribution in [3.8, 4) is 0 Å². The van der Waals surface area contributed by atoms with Gasteiger partial charge in [0.2, 0.25) is 15.9 Å². The van der Waals surface area contributed by atoms with Crippen molar-refractivity contribution in [1.29, 1.82) is 0 Å². The lowest BCUT2D eigenvalue weighted by atomic mass is 10.2. The number of hydrogen-bond acceptors (Lipinski definition) is 3. The quantitative estimate of drug-likeness (QED) is 0.849. The number of sulfonamides is 1. The maximum Gasteiger partial charge on any atom is 0.225 e. The molecular weight excluding hydrogens is 336 g/mol. The Morgan fingerprint density at radius 1 is 1.35 bits per heavy atom. The lowest BCUT2D eigenvalue weighted by Gasteiger charge is -2.26. The molecule has 0 bridgehead atoms. The van der Waals surface area contributed by atoms with Crippen molar-refractivity contribution in [3.05, 3.63) is 28.8 Å². The van der Waals surface area contributed by atoms with Crippen LogP contribution in [0.2, 0.25) is 5.02 Å². The Labute approximate surface area is 143 Å². The molecule has 0 aromatic heterocycles. The largest absolute Gasteiger partial charge is 0.326 e. The van der Waals surface area contributed by atoms with Gasteiger partial charge >= 0.3 is 0 Å². The molecule has 0 radical (unpaired) electrons. The van der Waals surface area contributed by atoms with Gasteiger partial charge in [0.15, 0.2) is 0 Å². The second kappa shape index (κ2) is 7.64. The van der Waals surface area contributed by atoms with Crippen LogP contribution in [0.3, 0.4) is 0 Å². The lowest BCUT2D eigenvalue weighted by Crippen LogP contribution is -2.39. The van der Waals surface area contributed by atoms with Gasteiger partial charge in [-0.3, -0.25) is 4.79 Å². The Morgan fingerprint density at radius 3 is 2.61 bits per heavy atom. The van der Waals surface area contributed by atoms with E-state index in [1.807, 2.05) is 6.92 Å². The van der Waals surface area contributed by atoms with Gasteiger partial charge < -0.3 is 5.32 Å². The van der Waals surface area contributed by atoms with E-state index in [0.717, 1.165) is 31.2 Å². The van der Waals surface area contributed by atoms with Crippen molar-refractivity contribution < 1.29 is 13.2 Å². The van der Waals surface area contributed by atoms with Crippen LogP contribution in [0.4, 0.5) is 5.69 Å². The first-order valence-corrected chi connectivity index (χ1v) is 10.0. The zero-order valence-electron chi connectivity index (χ0n) is 13.5. The number of hydrogen-bond donors (Lipinski definition) is 1. The molecule has 0 aliphatic heterocycles. The van der Waals surface area contributed by atoms with Crippen molar-refractivity contribution in [1.82, 2.24) is 4.31 Å². The Kier molecular flexibility index (Phi) is 6.06. The summed E-state index contributed by atoms with van der Waals surface area (Å²) in [6, 6.07) is 5.35. The summed E-state index contributed by atoms with van der Waals surface area (Å²) in [6.07, 6.45) is 5.19. The second-order valence-electron chi connectivity index (χ2n) is 6.02. The minimum Gasteiger partial charge on any atom is -0.326 e. The van der Waals surface area contributed by atoms with E-state index >= 15 is 0 Å². The number of amides is 1. The van der Waals surface area contributed by atoms with Crippen LogP contribution in [0.25, 0.3) is 0 Å². The van der Waals surface area contributed by atoms with Gasteiger partial charge in [0.1, 0.15) is 0 Å². The van der Waals surface area contributed by atoms with E-state index < -0.39 is 10.0 Å². The number of nitrogens with one attached hydrogen (secondary N) is 1. The van der Waals surface area contributed by atoms with Crippen LogP contribution in [0, 0.1) is 6.92 Å². The SMILES string of the molecule is Cc1c(Cl)cccc1NC(=O)CCN(C1CCCC1)S(C)(=O)=O. The number of anilines is 1. The van der Waals surface area contributed by atoms with Gasteiger partial charge in [0, 0.05) is 29.7 Å². The van der Waals surface area contributed by atoms with Gasteiger partial charge in [-0.2, -0.15) is 4.31 Å². The maximum absolute atomic E-state index is 12.1. The number of nitrogens with zero attached hydrogens (tertiary/aromatic N) is 1. The predicted molar refractivity (Wildman–Crippen MR) is 93.2 cm³/mol. The monoisotopic (exact) mass is 358 g/mol. The van der Waals surface area contributed by atoms with Gasteiger partial charge in [-0.25, -0.2) is 8.42 Å². The molecule has 5 nitrogen and oxygen atoms in total. The fourth-order valence-electron chi connectivity index (χ4n) is 2.98. The third kappa shape index (κ3) is 4.93. The maximum atomic E-state index is 12.1. The van der Waals surface area contributed by atoms with Gasteiger partial charge in [-0.15, -0.1) is 0 Å². The molecule has 1 fully saturated rings. The molecule has 1 aromatic carbocycles. The van der Waals surface area contributed by atoms with Crippen LogP contribution in [-0.4, -0.2) is 37.5 Å². The van der Waals surface area contributed by atoms with Crippen LogP contribution >= 0.6 is 11.6 Å². The summed E-state index contributed by atoms with van der Waals surface area (Å²) in [7, 11) is -3.30. The molecule has 2 rings (SSSR count). The molecule has 1 amide bonds. The van der Waals surface area contributed by atoms with E-state index in [4.69, 9.17) is 11.6 Å². The Hall–Kier alpha value is -1.11. The standard InChI is InChI=1S/C16H23ClN2O3S/c1-12-14(17)8-5-9-15(12)18-16(20)10-11-19(23(2,21)22)13-6-3-4-7-13/h5,8-9,13H,3-4,6-7,10-11H2,1-2H3,(H,18,20). The van der Waals surface area contributed by atoms with Crippen molar-refractivity contribution in [2.75, 3.05) is 18.1 Å². The van der Waals surface area contributed by atoms with E-state index in [1.54, 1.807) is 18.2 Å². The van der Waals surface area contributed by atoms with Crippen molar-refractivity contribution >= 4 is 33.2 Å². The first kappa shape index (κ1) is 18.2. The molecule has 1 aliphatic carbocycles. The molecule has 1 aliphatic rings. The molecule has 0 saturated heterocycles. The summed E-state index contributed by atoms with van der Waals surface area (Å²) in [5.41, 5.74) is 1.47. The zero-order valence-corrected chi connectivity index (χ0v) is 15.1. The van der Waals surface area contributed by atoms with Crippen LogP contribution in [0.5, 0.6) is 0 Å². The first-order valence-electron chi connectivity index (χ1n) is 7.81. The van der Waals surface area contributed by atoms with E-state index in [0.29, 0.717) is 10.7 Å². The summed E-state index contributed by atoms with van der Waals surface area (Å²) in [5, 5.41) is 3.39. The highest BCUT2D eigenvalue weighted by Gasteiger charge is 2.29. The molecular formula is C16H23ClN2O3S. The summed E-state index contributed by atoms with van der Waals surface area (Å²) >= 11 is 6.03. The van der Waals surface area contributed by atoms with Gasteiger partial charge in [-0.05, 0) is 37.5 Å². The Balaban J connectivity index is 1.97. The van der Waals surface area contributed by atoms with Crippen LogP contribution < -0.4 is 5.32 Å². The van der Waals surface area contributed by atoms with Crippen molar-refractivity contribution in [2.45, 2.75) is 45.1 Å². The number of rotatable bonds is 6. The van der Waals surface area contributed by atoms with E-state index in [1.165, 1.54) is 10.6 Å². The fourth-order valence-corrected chi connectivity index (χ4v) is 4.33. The van der Waals surface area contributed by atoms with Crippen molar-refractivity contribution in [3.63, 3.8) is 0 Å². The Bertz CT molecular complexity index is 670. The summed E-state index contributed by atoms with van der Waals surface area (Å²) < 4.78 is 25.4. The average Bonchev–Trinajstić information content (AvgIpc) is 2.96. The molecule has 128 valence electrons. The number of halogens is 1. The molecule has 0 spiro atoms. The third-order valence-corrected chi connectivity index (χ3v) is 6.00. The first-order chi connectivity index (χ1) is 10.8. The predicted octanol–water partition coefficient (Wildman–Crippen LogP) is 3.18. The van der Waals surface area contributed by atoms with Gasteiger partial charge in [0.25, 0.3) is 0 Å². The summed E-state index contributed by atoms with van der Waals surface area (Å²) in [5.74, 6) is -0.206. The molecule has 23 heavy (non-hydrogen) atoms. The van der Waals surface area contributed by atoms with Gasteiger partial charge in [-0.1, -0.05) is 30.5 Å². The van der Waals surface area contributed by atoms with E-state index in [-0.39, 0.29) is 24.9 Å². The summed E-state index contributed by atoms with van der Waals surface area (Å²) in [6.45, 7) is 2.05. The topological polar surface area (TPSA) is 66.5 Å². The minimum atomic E-state index is -3.30. The highest BCUT2D eigenvalue weighted by atomic mass is 35.5. The second-order valence-corrected chi connectivity index (χ2v) is 8.36. The lowest BCUT2D eigenvalue weighted by molar-refractivity contribution is -0.116. The highest BCUT2D eigenvalue weighted by molar-refractivity contribution is 7.88. The molecule has 0 heterocycles. The van der Waals surface area contributed by atoms with E-state index in [2.05, 4.69) is 5.32 Å². The highest BCUT2D eigenvalue weighted by Crippen LogP contribution is 2.26. The Morgan fingerprint density at radius 2 is 2.00 bits per heavy atom. The van der Waals surface area contributed by atoms with Crippen LogP contribution in [0.1, 0.15) is 37.7 Å². The zero-order chi connectivity index (χ0) is 17.0. The molecule has 1 saturated carbocycles. The van der Waals surface area contributed by atoms with E-state index in [9.17, 15) is 13.2 Å². The molecule has 0 unspecified atom stereocenters. The number of benzene rings is 1. The molecule has 1 N–H and O–H groups in total. The molecule has 0 atom stereocenters. The van der Waals surface area contributed by atoms with Crippen LogP contribution in [0.15, 0.2) is 18.2 Å². The number of carbonyl (C=O) groups is 1. The van der Waals surface area contributed by atoms with Crippen LogP contribution in [-0.2, 0) is 14.8 Å². The molecule has 1 aromatic rings. The summed E-state index contributed by atoms with van der Waals surface area (Å²) in [4.78, 5) is 12.1. The normalized spacial score (nSPS) is 16.0. The van der Waals surface area contributed by atoms with Crippen molar-refractivity contribution in [2.24, 2.45) is 0 Å². The number of carbonyl (C=O) groups excluding carboxylic acids is 1. The van der Waals surface area contributed by atoms with Gasteiger partial charge in [0.05, 0.1) is 6.26 Å². The molecule has 7 heteroatoms.